The maximum atomic E-state index is 12.9. The number of rotatable bonds is 4. The summed E-state index contributed by atoms with van der Waals surface area (Å²) in [6.45, 7) is 0. The smallest absolute Gasteiger partial charge is 0.337 e. The zero-order valence-electron chi connectivity index (χ0n) is 14.1. The van der Waals surface area contributed by atoms with Crippen LogP contribution in [0.15, 0.2) is 60.9 Å². The lowest BCUT2D eigenvalue weighted by Crippen LogP contribution is -2.08. The highest BCUT2D eigenvalue weighted by Gasteiger charge is 2.33. The molecule has 3 aromatic rings. The highest BCUT2D eigenvalue weighted by atomic mass is 35.5. The van der Waals surface area contributed by atoms with Crippen molar-refractivity contribution in [3.8, 4) is 5.69 Å². The number of halogens is 4. The van der Waals surface area contributed by atoms with Gasteiger partial charge in [-0.25, -0.2) is 0 Å². The average molecular weight is 424 g/mol. The molecule has 0 unspecified atom stereocenters. The van der Waals surface area contributed by atoms with E-state index >= 15 is 0 Å². The highest BCUT2D eigenvalue weighted by Crippen LogP contribution is 2.35. The van der Waals surface area contributed by atoms with Crippen LogP contribution in [0, 0.1) is 4.77 Å². The summed E-state index contributed by atoms with van der Waals surface area (Å²) in [6.07, 6.45) is 1.31. The van der Waals surface area contributed by atoms with E-state index < -0.39 is 22.7 Å². The van der Waals surface area contributed by atoms with Gasteiger partial charge in [0.05, 0.1) is 10.6 Å². The first-order chi connectivity index (χ1) is 13.2. The van der Waals surface area contributed by atoms with E-state index in [-0.39, 0.29) is 5.56 Å². The Morgan fingerprint density at radius 1 is 1.21 bits per heavy atom. The Bertz CT molecular complexity index is 1100. The maximum Gasteiger partial charge on any atom is 0.417 e. The fraction of sp³-hybridized carbons (Fsp3) is 0.0526. The van der Waals surface area contributed by atoms with E-state index in [1.165, 1.54) is 12.1 Å². The standard InChI is InChI=1S/C19H13ClF3N3OS/c20-16-6-4-12(10-15(16)19(21,22)23)5-7-17(27)25-13-2-1-3-14(11-13)26-9-8-24-18(26)28/h1-11H,(H,24,28)(H,25,27)/b7-5+. The predicted molar refractivity (Wildman–Crippen MR) is 105 cm³/mol. The molecule has 144 valence electrons. The molecule has 0 spiro atoms. The quantitative estimate of drug-likeness (QED) is 0.408. The normalized spacial score (nSPS) is 11.7. The minimum absolute atomic E-state index is 0.208. The second-order valence-corrected chi connectivity index (χ2v) is 6.54. The lowest BCUT2D eigenvalue weighted by molar-refractivity contribution is -0.137. The van der Waals surface area contributed by atoms with Crippen LogP contribution >= 0.6 is 23.8 Å². The number of aromatic amines is 1. The monoisotopic (exact) mass is 423 g/mol. The van der Waals surface area contributed by atoms with Gasteiger partial charge in [0, 0.05) is 29.8 Å². The van der Waals surface area contributed by atoms with Gasteiger partial charge in [-0.05, 0) is 54.2 Å². The van der Waals surface area contributed by atoms with Crippen molar-refractivity contribution in [1.82, 2.24) is 9.55 Å². The first kappa shape index (κ1) is 19.9. The Morgan fingerprint density at radius 2 is 2.00 bits per heavy atom. The Hall–Kier alpha value is -2.84. The van der Waals surface area contributed by atoms with Crippen LogP contribution in [0.3, 0.4) is 0 Å². The molecule has 1 heterocycles. The zero-order chi connectivity index (χ0) is 20.3. The van der Waals surface area contributed by atoms with Crippen LogP contribution in [0.2, 0.25) is 5.02 Å². The molecule has 0 aliphatic rings. The average Bonchev–Trinajstić information content (AvgIpc) is 3.06. The van der Waals surface area contributed by atoms with E-state index in [2.05, 4.69) is 10.3 Å². The lowest BCUT2D eigenvalue weighted by Gasteiger charge is -2.09. The number of amides is 1. The predicted octanol–water partition coefficient (Wildman–Crippen LogP) is 5.86. The zero-order valence-corrected chi connectivity index (χ0v) is 15.7. The van der Waals surface area contributed by atoms with Gasteiger partial charge in [-0.1, -0.05) is 23.7 Å². The number of H-pyrrole nitrogens is 1. The van der Waals surface area contributed by atoms with Crippen LogP contribution in [-0.2, 0) is 11.0 Å². The summed E-state index contributed by atoms with van der Waals surface area (Å²) in [5, 5.41) is 2.26. The Morgan fingerprint density at radius 3 is 2.68 bits per heavy atom. The van der Waals surface area contributed by atoms with Crippen molar-refractivity contribution < 1.29 is 18.0 Å². The van der Waals surface area contributed by atoms with Crippen LogP contribution in [0.5, 0.6) is 0 Å². The van der Waals surface area contributed by atoms with Crippen molar-refractivity contribution in [3.05, 3.63) is 81.9 Å². The van der Waals surface area contributed by atoms with Gasteiger partial charge in [0.25, 0.3) is 0 Å². The molecule has 4 nitrogen and oxygen atoms in total. The number of benzene rings is 2. The van der Waals surface area contributed by atoms with E-state index in [0.717, 1.165) is 23.9 Å². The summed E-state index contributed by atoms with van der Waals surface area (Å²) in [5.41, 5.74) is 0.523. The first-order valence-corrected chi connectivity index (χ1v) is 8.75. The number of alkyl halides is 3. The number of nitrogens with zero attached hydrogens (tertiary/aromatic N) is 1. The van der Waals surface area contributed by atoms with Crippen molar-refractivity contribution in [2.24, 2.45) is 0 Å². The fourth-order valence-electron chi connectivity index (χ4n) is 2.48. The molecule has 0 aliphatic carbocycles. The van der Waals surface area contributed by atoms with Crippen LogP contribution in [0.1, 0.15) is 11.1 Å². The van der Waals surface area contributed by atoms with Crippen molar-refractivity contribution >= 4 is 41.5 Å². The SMILES string of the molecule is O=C(/C=C/c1ccc(Cl)c(C(F)(F)F)c1)Nc1cccc(-n2cc[nH]c2=S)c1. The highest BCUT2D eigenvalue weighted by molar-refractivity contribution is 7.71. The minimum Gasteiger partial charge on any atom is -0.337 e. The summed E-state index contributed by atoms with van der Waals surface area (Å²) in [4.78, 5) is 15.0. The summed E-state index contributed by atoms with van der Waals surface area (Å²) >= 11 is 10.7. The van der Waals surface area contributed by atoms with Crippen molar-refractivity contribution in [2.75, 3.05) is 5.32 Å². The minimum atomic E-state index is -4.57. The van der Waals surface area contributed by atoms with Gasteiger partial charge in [0.2, 0.25) is 5.91 Å². The third-order valence-electron chi connectivity index (χ3n) is 3.76. The number of carbonyl (C=O) groups excluding carboxylic acids is 1. The summed E-state index contributed by atoms with van der Waals surface area (Å²) < 4.78 is 40.9. The lowest BCUT2D eigenvalue weighted by atomic mass is 10.1. The number of hydrogen-bond acceptors (Lipinski definition) is 2. The molecular weight excluding hydrogens is 411 g/mol. The third-order valence-corrected chi connectivity index (χ3v) is 4.41. The Labute approximate surface area is 168 Å². The number of hydrogen-bond donors (Lipinski definition) is 2. The summed E-state index contributed by atoms with van der Waals surface area (Å²) in [7, 11) is 0. The Balaban J connectivity index is 1.75. The summed E-state index contributed by atoms with van der Waals surface area (Å²) in [5.74, 6) is -0.488. The van der Waals surface area contributed by atoms with E-state index in [1.54, 1.807) is 35.2 Å². The molecule has 28 heavy (non-hydrogen) atoms. The molecule has 0 atom stereocenters. The maximum absolute atomic E-state index is 12.9. The van der Waals surface area contributed by atoms with Gasteiger partial charge in [-0.2, -0.15) is 13.2 Å². The van der Waals surface area contributed by atoms with Gasteiger partial charge in [-0.3, -0.25) is 9.36 Å². The van der Waals surface area contributed by atoms with Crippen LogP contribution in [0.4, 0.5) is 18.9 Å². The topological polar surface area (TPSA) is 49.8 Å². The molecule has 2 N–H and O–H groups in total. The number of aromatic nitrogens is 2. The molecule has 0 radical (unpaired) electrons. The van der Waals surface area contributed by atoms with Gasteiger partial charge in [-0.15, -0.1) is 0 Å². The van der Waals surface area contributed by atoms with Crippen molar-refractivity contribution in [1.29, 1.82) is 0 Å². The molecule has 1 amide bonds. The Kier molecular flexibility index (Phi) is 5.71. The molecule has 0 saturated heterocycles. The van der Waals surface area contributed by atoms with Gasteiger partial charge in [0.1, 0.15) is 0 Å². The van der Waals surface area contributed by atoms with Crippen LogP contribution < -0.4 is 5.32 Å². The number of carbonyl (C=O) groups is 1. The molecule has 0 bridgehead atoms. The number of anilines is 1. The second kappa shape index (κ2) is 8.04. The molecule has 9 heteroatoms. The largest absolute Gasteiger partial charge is 0.417 e. The van der Waals surface area contributed by atoms with Crippen LogP contribution in [0.25, 0.3) is 11.8 Å². The summed E-state index contributed by atoms with van der Waals surface area (Å²) in [6, 6.07) is 10.4. The number of imidazole rings is 1. The van der Waals surface area contributed by atoms with E-state index in [1.807, 2.05) is 6.07 Å². The fourth-order valence-corrected chi connectivity index (χ4v) is 2.94. The van der Waals surface area contributed by atoms with E-state index in [9.17, 15) is 18.0 Å². The third kappa shape index (κ3) is 4.71. The molecule has 3 rings (SSSR count). The molecule has 0 fully saturated rings. The number of nitrogens with one attached hydrogen (secondary N) is 2. The van der Waals surface area contributed by atoms with E-state index in [0.29, 0.717) is 10.5 Å². The molecular formula is C19H13ClF3N3OS. The molecule has 2 aromatic carbocycles. The second-order valence-electron chi connectivity index (χ2n) is 5.75. The van der Waals surface area contributed by atoms with Gasteiger partial charge >= 0.3 is 6.18 Å². The molecule has 0 saturated carbocycles. The van der Waals surface area contributed by atoms with Gasteiger partial charge in [0.15, 0.2) is 4.77 Å². The molecule has 0 aliphatic heterocycles. The molecule has 1 aromatic heterocycles. The van der Waals surface area contributed by atoms with Crippen molar-refractivity contribution in [3.63, 3.8) is 0 Å². The van der Waals surface area contributed by atoms with E-state index in [4.69, 9.17) is 23.8 Å². The van der Waals surface area contributed by atoms with Crippen molar-refractivity contribution in [2.45, 2.75) is 6.18 Å². The van der Waals surface area contributed by atoms with Gasteiger partial charge < -0.3 is 10.3 Å². The van der Waals surface area contributed by atoms with Crippen LogP contribution in [-0.4, -0.2) is 15.5 Å². The first-order valence-electron chi connectivity index (χ1n) is 7.96.